The van der Waals surface area contributed by atoms with Crippen LogP contribution in [0.25, 0.3) is 11.1 Å². The van der Waals surface area contributed by atoms with Crippen LogP contribution in [-0.2, 0) is 6.54 Å². The van der Waals surface area contributed by atoms with Gasteiger partial charge in [0.2, 0.25) is 0 Å². The molecule has 1 aliphatic carbocycles. The second kappa shape index (κ2) is 5.44. The second-order valence-corrected chi connectivity index (χ2v) is 5.15. The predicted octanol–water partition coefficient (Wildman–Crippen LogP) is 3.62. The smallest absolute Gasteiger partial charge is 0.128 e. The SMILES string of the molecule is N#Cc1cccc(-c2ccc(CNC3CC3)c(F)c2)c1. The Labute approximate surface area is 117 Å². The number of nitrogens with one attached hydrogen (secondary N) is 1. The predicted molar refractivity (Wildman–Crippen MR) is 76.4 cm³/mol. The molecule has 0 spiro atoms. The number of nitriles is 1. The molecule has 0 bridgehead atoms. The molecular weight excluding hydrogens is 251 g/mol. The van der Waals surface area contributed by atoms with Gasteiger partial charge in [-0.15, -0.1) is 0 Å². The Morgan fingerprint density at radius 1 is 1.15 bits per heavy atom. The molecule has 1 N–H and O–H groups in total. The third-order valence-electron chi connectivity index (χ3n) is 3.54. The monoisotopic (exact) mass is 266 g/mol. The summed E-state index contributed by atoms with van der Waals surface area (Å²) in [6.07, 6.45) is 2.39. The zero-order chi connectivity index (χ0) is 13.9. The second-order valence-electron chi connectivity index (χ2n) is 5.15. The van der Waals surface area contributed by atoms with Crippen molar-refractivity contribution in [1.29, 1.82) is 5.26 Å². The quantitative estimate of drug-likeness (QED) is 0.917. The van der Waals surface area contributed by atoms with E-state index in [1.165, 1.54) is 12.8 Å². The summed E-state index contributed by atoms with van der Waals surface area (Å²) in [5, 5.41) is 12.2. The van der Waals surface area contributed by atoms with Crippen molar-refractivity contribution in [3.63, 3.8) is 0 Å². The van der Waals surface area contributed by atoms with Gasteiger partial charge < -0.3 is 5.32 Å². The summed E-state index contributed by atoms with van der Waals surface area (Å²) in [7, 11) is 0. The molecule has 1 fully saturated rings. The van der Waals surface area contributed by atoms with E-state index in [0.29, 0.717) is 23.7 Å². The van der Waals surface area contributed by atoms with Crippen molar-refractivity contribution in [2.75, 3.05) is 0 Å². The van der Waals surface area contributed by atoms with Crippen LogP contribution in [-0.4, -0.2) is 6.04 Å². The summed E-state index contributed by atoms with van der Waals surface area (Å²) < 4.78 is 14.1. The molecule has 0 aromatic heterocycles. The maximum absolute atomic E-state index is 14.1. The highest BCUT2D eigenvalue weighted by Crippen LogP contribution is 2.24. The highest BCUT2D eigenvalue weighted by molar-refractivity contribution is 5.65. The van der Waals surface area contributed by atoms with Crippen molar-refractivity contribution < 1.29 is 4.39 Å². The van der Waals surface area contributed by atoms with E-state index in [1.807, 2.05) is 24.3 Å². The van der Waals surface area contributed by atoms with Gasteiger partial charge in [0.05, 0.1) is 11.6 Å². The van der Waals surface area contributed by atoms with Gasteiger partial charge >= 0.3 is 0 Å². The molecule has 0 heterocycles. The molecule has 0 aliphatic heterocycles. The fourth-order valence-electron chi connectivity index (χ4n) is 2.18. The van der Waals surface area contributed by atoms with Crippen molar-refractivity contribution in [2.24, 2.45) is 0 Å². The average molecular weight is 266 g/mol. The highest BCUT2D eigenvalue weighted by Gasteiger charge is 2.20. The molecule has 1 saturated carbocycles. The molecule has 0 atom stereocenters. The fourth-order valence-corrected chi connectivity index (χ4v) is 2.18. The number of hydrogen-bond donors (Lipinski definition) is 1. The van der Waals surface area contributed by atoms with Gasteiger partial charge in [0.1, 0.15) is 5.82 Å². The zero-order valence-electron chi connectivity index (χ0n) is 11.1. The minimum absolute atomic E-state index is 0.196. The first-order valence-electron chi connectivity index (χ1n) is 6.78. The molecule has 3 rings (SSSR count). The lowest BCUT2D eigenvalue weighted by atomic mass is 10.0. The topological polar surface area (TPSA) is 35.8 Å². The fraction of sp³-hybridized carbons (Fsp3) is 0.235. The third-order valence-corrected chi connectivity index (χ3v) is 3.54. The molecule has 2 nitrogen and oxygen atoms in total. The minimum atomic E-state index is -0.196. The van der Waals surface area contributed by atoms with Crippen LogP contribution < -0.4 is 5.32 Å². The number of hydrogen-bond acceptors (Lipinski definition) is 2. The van der Waals surface area contributed by atoms with E-state index in [-0.39, 0.29) is 5.82 Å². The van der Waals surface area contributed by atoms with E-state index in [1.54, 1.807) is 18.2 Å². The molecule has 100 valence electrons. The molecule has 1 aliphatic rings. The molecule has 2 aromatic carbocycles. The summed E-state index contributed by atoms with van der Waals surface area (Å²) in [5.74, 6) is -0.196. The van der Waals surface area contributed by atoms with E-state index in [2.05, 4.69) is 11.4 Å². The van der Waals surface area contributed by atoms with Crippen molar-refractivity contribution >= 4 is 0 Å². The Bertz CT molecular complexity index is 669. The van der Waals surface area contributed by atoms with Gasteiger partial charge in [0.15, 0.2) is 0 Å². The van der Waals surface area contributed by atoms with E-state index in [0.717, 1.165) is 11.1 Å². The summed E-state index contributed by atoms with van der Waals surface area (Å²) in [6.45, 7) is 0.578. The Kier molecular flexibility index (Phi) is 3.49. The van der Waals surface area contributed by atoms with Crippen molar-refractivity contribution in [3.8, 4) is 17.2 Å². The first kappa shape index (κ1) is 12.8. The summed E-state index contributed by atoms with van der Waals surface area (Å²) >= 11 is 0. The lowest BCUT2D eigenvalue weighted by Gasteiger charge is -2.08. The Hall–Kier alpha value is -2.18. The highest BCUT2D eigenvalue weighted by atomic mass is 19.1. The first-order chi connectivity index (χ1) is 9.76. The lowest BCUT2D eigenvalue weighted by molar-refractivity contribution is 0.587. The van der Waals surface area contributed by atoms with Crippen LogP contribution in [0.3, 0.4) is 0 Å². The van der Waals surface area contributed by atoms with Crippen LogP contribution in [0, 0.1) is 17.1 Å². The minimum Gasteiger partial charge on any atom is -0.310 e. The molecule has 0 unspecified atom stereocenters. The van der Waals surface area contributed by atoms with E-state index in [9.17, 15) is 4.39 Å². The molecule has 0 saturated heterocycles. The van der Waals surface area contributed by atoms with Gasteiger partial charge in [-0.05, 0) is 42.2 Å². The third kappa shape index (κ3) is 2.87. The maximum Gasteiger partial charge on any atom is 0.128 e. The normalized spacial score (nSPS) is 14.0. The van der Waals surface area contributed by atoms with Crippen LogP contribution >= 0.6 is 0 Å². The number of nitrogens with zero attached hydrogens (tertiary/aromatic N) is 1. The lowest BCUT2D eigenvalue weighted by Crippen LogP contribution is -2.16. The average Bonchev–Trinajstić information content (AvgIpc) is 3.30. The van der Waals surface area contributed by atoms with Gasteiger partial charge in [-0.3, -0.25) is 0 Å². The molecule has 0 amide bonds. The summed E-state index contributed by atoms with van der Waals surface area (Å²) in [5.41, 5.74) is 2.94. The van der Waals surface area contributed by atoms with Crippen molar-refractivity contribution in [1.82, 2.24) is 5.32 Å². The number of rotatable bonds is 4. The van der Waals surface area contributed by atoms with E-state index >= 15 is 0 Å². The summed E-state index contributed by atoms with van der Waals surface area (Å²) in [4.78, 5) is 0. The van der Waals surface area contributed by atoms with E-state index in [4.69, 9.17) is 5.26 Å². The van der Waals surface area contributed by atoms with Crippen LogP contribution in [0.15, 0.2) is 42.5 Å². The molecule has 20 heavy (non-hydrogen) atoms. The Morgan fingerprint density at radius 2 is 1.95 bits per heavy atom. The Morgan fingerprint density at radius 3 is 2.65 bits per heavy atom. The molecular formula is C17H15FN2. The molecule has 0 radical (unpaired) electrons. The van der Waals surface area contributed by atoms with Gasteiger partial charge in [0, 0.05) is 18.2 Å². The maximum atomic E-state index is 14.1. The van der Waals surface area contributed by atoms with Crippen molar-refractivity contribution in [2.45, 2.75) is 25.4 Å². The van der Waals surface area contributed by atoms with Gasteiger partial charge in [-0.2, -0.15) is 5.26 Å². The van der Waals surface area contributed by atoms with Gasteiger partial charge in [0.25, 0.3) is 0 Å². The van der Waals surface area contributed by atoms with Gasteiger partial charge in [-0.25, -0.2) is 4.39 Å². The number of halogens is 1. The largest absolute Gasteiger partial charge is 0.310 e. The standard InChI is InChI=1S/C17H15FN2/c18-17-9-14(13-3-1-2-12(8-13)10-19)4-5-15(17)11-20-16-6-7-16/h1-5,8-9,16,20H,6-7,11H2. The van der Waals surface area contributed by atoms with Crippen LogP contribution in [0.2, 0.25) is 0 Å². The van der Waals surface area contributed by atoms with Crippen LogP contribution in [0.1, 0.15) is 24.0 Å². The van der Waals surface area contributed by atoms with Crippen LogP contribution in [0.4, 0.5) is 4.39 Å². The number of benzene rings is 2. The Balaban J connectivity index is 1.83. The van der Waals surface area contributed by atoms with Gasteiger partial charge in [-0.1, -0.05) is 24.3 Å². The van der Waals surface area contributed by atoms with Crippen LogP contribution in [0.5, 0.6) is 0 Å². The molecule has 2 aromatic rings. The zero-order valence-corrected chi connectivity index (χ0v) is 11.1. The first-order valence-corrected chi connectivity index (χ1v) is 6.78. The molecule has 3 heteroatoms. The van der Waals surface area contributed by atoms with E-state index < -0.39 is 0 Å². The van der Waals surface area contributed by atoms with Crippen molar-refractivity contribution in [3.05, 3.63) is 59.4 Å². The summed E-state index contributed by atoms with van der Waals surface area (Å²) in [6, 6.07) is 15.2.